The van der Waals surface area contributed by atoms with Gasteiger partial charge in [-0.3, -0.25) is 18.7 Å². The minimum Gasteiger partial charge on any atom is -0.370 e. The standard InChI is InChI=1S/C20H20N2O4S/c1-20(2)9-13-15(11-26-20)27-18-16(13)17(24)21(3)19(25)22(18)10-14(23)12-7-5-4-6-8-12/h4-8H,9-11H2,1-3H3. The summed E-state index contributed by atoms with van der Waals surface area (Å²) in [6, 6.07) is 8.86. The lowest BCUT2D eigenvalue weighted by atomic mass is 9.94. The summed E-state index contributed by atoms with van der Waals surface area (Å²) in [6.45, 7) is 4.28. The highest BCUT2D eigenvalue weighted by Gasteiger charge is 2.31. The molecule has 0 fully saturated rings. The van der Waals surface area contributed by atoms with Gasteiger partial charge in [0.2, 0.25) is 0 Å². The smallest absolute Gasteiger partial charge is 0.332 e. The SMILES string of the molecule is Cn1c(=O)c2c3c(sc2n(CC(=O)c2ccccc2)c1=O)COC(C)(C)C3. The van der Waals surface area contributed by atoms with Crippen LogP contribution in [0.4, 0.5) is 0 Å². The summed E-state index contributed by atoms with van der Waals surface area (Å²) in [7, 11) is 1.46. The van der Waals surface area contributed by atoms with E-state index < -0.39 is 5.69 Å². The Morgan fingerprint density at radius 3 is 2.63 bits per heavy atom. The van der Waals surface area contributed by atoms with Crippen LogP contribution in [0.1, 0.15) is 34.6 Å². The fourth-order valence-corrected chi connectivity index (χ4v) is 4.68. The van der Waals surface area contributed by atoms with E-state index in [4.69, 9.17) is 4.74 Å². The van der Waals surface area contributed by atoms with Crippen molar-refractivity contribution in [2.75, 3.05) is 0 Å². The number of aromatic nitrogens is 2. The number of ether oxygens (including phenoxy) is 1. The Morgan fingerprint density at radius 1 is 1.22 bits per heavy atom. The van der Waals surface area contributed by atoms with Crippen molar-refractivity contribution in [1.82, 2.24) is 9.13 Å². The molecule has 1 aliphatic heterocycles. The average molecular weight is 384 g/mol. The van der Waals surface area contributed by atoms with Crippen LogP contribution in [0.2, 0.25) is 0 Å². The number of thiophene rings is 1. The fourth-order valence-electron chi connectivity index (χ4n) is 3.47. The van der Waals surface area contributed by atoms with E-state index in [1.54, 1.807) is 24.3 Å². The third-order valence-electron chi connectivity index (χ3n) is 4.95. The molecule has 0 amide bonds. The Hall–Kier alpha value is -2.51. The molecule has 0 N–H and O–H groups in total. The van der Waals surface area contributed by atoms with E-state index in [2.05, 4.69) is 0 Å². The van der Waals surface area contributed by atoms with Gasteiger partial charge < -0.3 is 4.74 Å². The molecule has 3 heterocycles. The number of fused-ring (bicyclic) bond motifs is 3. The quantitative estimate of drug-likeness (QED) is 0.651. The van der Waals surface area contributed by atoms with Crippen LogP contribution >= 0.6 is 11.3 Å². The van der Waals surface area contributed by atoms with Gasteiger partial charge in [-0.15, -0.1) is 11.3 Å². The molecule has 0 atom stereocenters. The first-order valence-corrected chi connectivity index (χ1v) is 9.56. The average Bonchev–Trinajstić information content (AvgIpc) is 3.01. The zero-order chi connectivity index (χ0) is 19.3. The number of carbonyl (C=O) groups is 1. The van der Waals surface area contributed by atoms with E-state index >= 15 is 0 Å². The van der Waals surface area contributed by atoms with Gasteiger partial charge in [0.25, 0.3) is 5.56 Å². The summed E-state index contributed by atoms with van der Waals surface area (Å²) in [4.78, 5) is 39.8. The van der Waals surface area contributed by atoms with Crippen LogP contribution in [-0.4, -0.2) is 20.5 Å². The summed E-state index contributed by atoms with van der Waals surface area (Å²) in [5.41, 5.74) is 0.321. The number of rotatable bonds is 3. The highest BCUT2D eigenvalue weighted by molar-refractivity contribution is 7.18. The highest BCUT2D eigenvalue weighted by atomic mass is 32.1. The van der Waals surface area contributed by atoms with E-state index in [0.29, 0.717) is 28.8 Å². The molecular formula is C20H20N2O4S. The third-order valence-corrected chi connectivity index (χ3v) is 6.18. The molecule has 27 heavy (non-hydrogen) atoms. The zero-order valence-electron chi connectivity index (χ0n) is 15.4. The minimum atomic E-state index is -0.476. The molecule has 0 radical (unpaired) electrons. The predicted molar refractivity (Wildman–Crippen MR) is 105 cm³/mol. The summed E-state index contributed by atoms with van der Waals surface area (Å²) in [5.74, 6) is -0.166. The number of hydrogen-bond donors (Lipinski definition) is 0. The molecule has 0 bridgehead atoms. The van der Waals surface area contributed by atoms with Gasteiger partial charge in [0.15, 0.2) is 5.78 Å². The van der Waals surface area contributed by atoms with Crippen molar-refractivity contribution in [2.45, 2.75) is 39.0 Å². The van der Waals surface area contributed by atoms with Crippen molar-refractivity contribution in [3.8, 4) is 0 Å². The molecule has 0 unspecified atom stereocenters. The molecule has 140 valence electrons. The van der Waals surface area contributed by atoms with E-state index in [9.17, 15) is 14.4 Å². The molecule has 4 rings (SSSR count). The maximum absolute atomic E-state index is 12.8. The number of hydrogen-bond acceptors (Lipinski definition) is 5. The second-order valence-electron chi connectivity index (χ2n) is 7.43. The molecule has 1 aromatic carbocycles. The minimum absolute atomic E-state index is 0.100. The number of carbonyl (C=O) groups excluding carboxylic acids is 1. The largest absolute Gasteiger partial charge is 0.370 e. The first-order chi connectivity index (χ1) is 12.8. The van der Waals surface area contributed by atoms with Crippen LogP contribution in [0, 0.1) is 0 Å². The number of benzene rings is 1. The van der Waals surface area contributed by atoms with Crippen molar-refractivity contribution in [1.29, 1.82) is 0 Å². The normalized spacial score (nSPS) is 15.7. The Labute approximate surface area is 159 Å². The summed E-state index contributed by atoms with van der Waals surface area (Å²) >= 11 is 1.37. The molecule has 0 saturated carbocycles. The molecule has 7 heteroatoms. The van der Waals surface area contributed by atoms with Crippen LogP contribution in [0.15, 0.2) is 39.9 Å². The van der Waals surface area contributed by atoms with Gasteiger partial charge in [0.05, 0.1) is 24.1 Å². The lowest BCUT2D eigenvalue weighted by Gasteiger charge is -2.29. The molecular weight excluding hydrogens is 364 g/mol. The van der Waals surface area contributed by atoms with Crippen molar-refractivity contribution in [3.05, 3.63) is 67.2 Å². The first-order valence-electron chi connectivity index (χ1n) is 8.75. The summed E-state index contributed by atoms with van der Waals surface area (Å²) in [5, 5.41) is 0.536. The van der Waals surface area contributed by atoms with Gasteiger partial charge in [-0.2, -0.15) is 0 Å². The van der Waals surface area contributed by atoms with Crippen molar-refractivity contribution in [3.63, 3.8) is 0 Å². The Morgan fingerprint density at radius 2 is 1.93 bits per heavy atom. The molecule has 3 aromatic rings. The zero-order valence-corrected chi connectivity index (χ0v) is 16.3. The fraction of sp³-hybridized carbons (Fsp3) is 0.350. The van der Waals surface area contributed by atoms with E-state index in [1.165, 1.54) is 23.0 Å². The first kappa shape index (κ1) is 17.9. The number of Topliss-reactive ketones (excluding diaryl/α,β-unsaturated/α-hetero) is 1. The van der Waals surface area contributed by atoms with Crippen LogP contribution in [-0.2, 0) is 31.4 Å². The van der Waals surface area contributed by atoms with Crippen LogP contribution in [0.5, 0.6) is 0 Å². The van der Waals surface area contributed by atoms with Crippen molar-refractivity contribution in [2.24, 2.45) is 7.05 Å². The summed E-state index contributed by atoms with van der Waals surface area (Å²) in [6.07, 6.45) is 0.600. The van der Waals surface area contributed by atoms with E-state index in [1.807, 2.05) is 19.9 Å². The monoisotopic (exact) mass is 384 g/mol. The number of ketones is 1. The molecule has 0 aliphatic carbocycles. The molecule has 2 aromatic heterocycles. The molecule has 6 nitrogen and oxygen atoms in total. The van der Waals surface area contributed by atoms with E-state index in [-0.39, 0.29) is 23.5 Å². The van der Waals surface area contributed by atoms with Gasteiger partial charge >= 0.3 is 5.69 Å². The predicted octanol–water partition coefficient (Wildman–Crippen LogP) is 2.50. The van der Waals surface area contributed by atoms with Gasteiger partial charge in [0.1, 0.15) is 4.83 Å². The van der Waals surface area contributed by atoms with Crippen molar-refractivity contribution >= 4 is 27.3 Å². The van der Waals surface area contributed by atoms with Gasteiger partial charge in [-0.05, 0) is 19.4 Å². The van der Waals surface area contributed by atoms with E-state index in [0.717, 1.165) is 15.0 Å². The molecule has 1 aliphatic rings. The maximum atomic E-state index is 12.8. The Kier molecular flexibility index (Phi) is 4.16. The number of nitrogens with zero attached hydrogens (tertiary/aromatic N) is 2. The molecule has 0 saturated heterocycles. The third kappa shape index (κ3) is 2.96. The van der Waals surface area contributed by atoms with Crippen LogP contribution in [0.25, 0.3) is 10.2 Å². The highest BCUT2D eigenvalue weighted by Crippen LogP contribution is 2.37. The topological polar surface area (TPSA) is 70.3 Å². The van der Waals surface area contributed by atoms with Crippen LogP contribution in [0.3, 0.4) is 0 Å². The lowest BCUT2D eigenvalue weighted by Crippen LogP contribution is -2.39. The molecule has 0 spiro atoms. The van der Waals surface area contributed by atoms with Crippen LogP contribution < -0.4 is 11.2 Å². The lowest BCUT2D eigenvalue weighted by molar-refractivity contribution is -0.0379. The Balaban J connectivity index is 1.91. The van der Waals surface area contributed by atoms with Crippen molar-refractivity contribution < 1.29 is 9.53 Å². The summed E-state index contributed by atoms with van der Waals surface area (Å²) < 4.78 is 8.37. The second kappa shape index (κ2) is 6.28. The van der Waals surface area contributed by atoms with Gasteiger partial charge in [0, 0.05) is 23.9 Å². The van der Waals surface area contributed by atoms with Gasteiger partial charge in [-0.1, -0.05) is 30.3 Å². The van der Waals surface area contributed by atoms with Gasteiger partial charge in [-0.25, -0.2) is 4.79 Å². The second-order valence-corrected chi connectivity index (χ2v) is 8.51. The maximum Gasteiger partial charge on any atom is 0.332 e. The Bertz CT molecular complexity index is 1170.